The summed E-state index contributed by atoms with van der Waals surface area (Å²) in [6.45, 7) is 4.30. The van der Waals surface area contributed by atoms with Crippen molar-refractivity contribution in [3.05, 3.63) is 160 Å². The molecule has 0 spiro atoms. The summed E-state index contributed by atoms with van der Waals surface area (Å²) in [5.41, 5.74) is 5.53. The Labute approximate surface area is 246 Å². The summed E-state index contributed by atoms with van der Waals surface area (Å²) >= 11 is 0. The highest BCUT2D eigenvalue weighted by Crippen LogP contribution is 2.40. The van der Waals surface area contributed by atoms with Crippen LogP contribution >= 0.6 is 0 Å². The minimum Gasteiger partial charge on any atom is -0.489 e. The highest BCUT2D eigenvalue weighted by molar-refractivity contribution is 5.99. The lowest BCUT2D eigenvalue weighted by Crippen LogP contribution is -2.32. The van der Waals surface area contributed by atoms with Crippen LogP contribution in [-0.2, 0) is 38.9 Å². The smallest absolute Gasteiger partial charge is 0.337 e. The van der Waals surface area contributed by atoms with Crippen molar-refractivity contribution < 1.29 is 23.8 Å². The molecule has 0 fully saturated rings. The number of ether oxygens (including phenoxy) is 3. The van der Waals surface area contributed by atoms with Crippen LogP contribution in [0.5, 0.6) is 5.75 Å². The average molecular weight is 560 g/mol. The van der Waals surface area contributed by atoms with E-state index in [-0.39, 0.29) is 13.2 Å². The normalized spacial score (nSPS) is 13.4. The molecule has 4 aromatic rings. The predicted octanol–water partition coefficient (Wildman–Crippen LogP) is 6.99. The Kier molecular flexibility index (Phi) is 9.14. The van der Waals surface area contributed by atoms with Gasteiger partial charge in [0.15, 0.2) is 0 Å². The van der Waals surface area contributed by atoms with Gasteiger partial charge in [0.1, 0.15) is 25.6 Å². The van der Waals surface area contributed by atoms with E-state index in [9.17, 15) is 9.59 Å². The van der Waals surface area contributed by atoms with Crippen molar-refractivity contribution >= 4 is 11.9 Å². The molecule has 0 bridgehead atoms. The third-order valence-corrected chi connectivity index (χ3v) is 7.09. The first kappa shape index (κ1) is 28.4. The highest BCUT2D eigenvalue weighted by Gasteiger charge is 2.38. The molecule has 6 nitrogen and oxygen atoms in total. The van der Waals surface area contributed by atoms with Crippen molar-refractivity contribution in [3.63, 3.8) is 0 Å². The Hall–Kier alpha value is -5.10. The molecule has 5 rings (SSSR count). The first-order chi connectivity index (χ1) is 20.5. The van der Waals surface area contributed by atoms with E-state index in [1.165, 1.54) is 0 Å². The monoisotopic (exact) mass is 559 g/mol. The van der Waals surface area contributed by atoms with Gasteiger partial charge in [0.25, 0.3) is 0 Å². The Bertz CT molecular complexity index is 1500. The minimum absolute atomic E-state index is 0.117. The molecule has 0 saturated carbocycles. The van der Waals surface area contributed by atoms with E-state index < -0.39 is 17.9 Å². The molecule has 0 unspecified atom stereocenters. The first-order valence-corrected chi connectivity index (χ1v) is 13.9. The van der Waals surface area contributed by atoms with Gasteiger partial charge in [-0.2, -0.15) is 0 Å². The zero-order chi connectivity index (χ0) is 29.3. The van der Waals surface area contributed by atoms with Gasteiger partial charge in [-0.15, -0.1) is 0 Å². The fraction of sp³-hybridized carbons (Fsp3) is 0.167. The standard InChI is InChI=1S/C36H33NO5/c1-25-32(35(38)41-23-28-14-8-4-9-15-28)34(30-18-20-31(21-19-30)40-22-27-12-6-3-7-13-27)33(26(2)37-25)36(39)42-24-29-16-10-5-11-17-29/h3-21,34,37H,22-24H2,1-2H3. The Morgan fingerprint density at radius 2 is 0.976 bits per heavy atom. The van der Waals surface area contributed by atoms with Crippen LogP contribution in [0.3, 0.4) is 0 Å². The predicted molar refractivity (Wildman–Crippen MR) is 161 cm³/mol. The van der Waals surface area contributed by atoms with Crippen molar-refractivity contribution in [3.8, 4) is 5.75 Å². The van der Waals surface area contributed by atoms with Gasteiger partial charge in [-0.3, -0.25) is 0 Å². The maximum atomic E-state index is 13.6. The zero-order valence-electron chi connectivity index (χ0n) is 23.7. The summed E-state index contributed by atoms with van der Waals surface area (Å²) in [6.07, 6.45) is 0. The highest BCUT2D eigenvalue weighted by atomic mass is 16.5. The van der Waals surface area contributed by atoms with Crippen LogP contribution in [0.1, 0.15) is 42.0 Å². The first-order valence-electron chi connectivity index (χ1n) is 13.9. The van der Waals surface area contributed by atoms with Gasteiger partial charge in [-0.1, -0.05) is 103 Å². The molecule has 0 aliphatic carbocycles. The molecule has 0 amide bonds. The number of esters is 2. The second-order valence-electron chi connectivity index (χ2n) is 10.1. The second kappa shape index (κ2) is 13.5. The van der Waals surface area contributed by atoms with E-state index in [1.54, 1.807) is 0 Å². The summed E-state index contributed by atoms with van der Waals surface area (Å²) in [4.78, 5) is 27.3. The van der Waals surface area contributed by atoms with Gasteiger partial charge < -0.3 is 19.5 Å². The van der Waals surface area contributed by atoms with Crippen LogP contribution in [0, 0.1) is 0 Å². The number of allylic oxidation sites excluding steroid dienone is 2. The number of hydrogen-bond donors (Lipinski definition) is 1. The maximum Gasteiger partial charge on any atom is 0.337 e. The van der Waals surface area contributed by atoms with Crippen molar-refractivity contribution in [2.24, 2.45) is 0 Å². The van der Waals surface area contributed by atoms with E-state index in [0.717, 1.165) is 22.3 Å². The number of rotatable bonds is 10. The quantitative estimate of drug-likeness (QED) is 0.211. The van der Waals surface area contributed by atoms with Gasteiger partial charge in [0, 0.05) is 11.4 Å². The SMILES string of the molecule is CC1=C(C(=O)OCc2ccccc2)C(c2ccc(OCc3ccccc3)cc2)C(C(=O)OCc2ccccc2)=C(C)N1. The molecule has 0 atom stereocenters. The molecule has 6 heteroatoms. The van der Waals surface area contributed by atoms with Crippen molar-refractivity contribution in [1.29, 1.82) is 0 Å². The molecule has 0 saturated heterocycles. The number of benzene rings is 4. The van der Waals surface area contributed by atoms with Gasteiger partial charge >= 0.3 is 11.9 Å². The lowest BCUT2D eigenvalue weighted by atomic mass is 9.80. The van der Waals surface area contributed by atoms with Crippen molar-refractivity contribution in [2.75, 3.05) is 0 Å². The summed E-state index contributed by atoms with van der Waals surface area (Å²) < 4.78 is 17.5. The van der Waals surface area contributed by atoms with Crippen molar-refractivity contribution in [1.82, 2.24) is 5.32 Å². The molecule has 0 radical (unpaired) electrons. The number of nitrogens with one attached hydrogen (secondary N) is 1. The summed E-state index contributed by atoms with van der Waals surface area (Å²) in [7, 11) is 0. The van der Waals surface area contributed by atoms with Crippen LogP contribution in [-0.4, -0.2) is 11.9 Å². The van der Waals surface area contributed by atoms with Gasteiger partial charge in [0.2, 0.25) is 0 Å². The molecule has 4 aromatic carbocycles. The molecule has 1 aliphatic rings. The molecule has 1 heterocycles. The number of carbonyl (C=O) groups is 2. The average Bonchev–Trinajstić information content (AvgIpc) is 3.03. The largest absolute Gasteiger partial charge is 0.489 e. The van der Waals surface area contributed by atoms with Gasteiger partial charge in [-0.05, 0) is 48.2 Å². The molecular weight excluding hydrogens is 526 g/mol. The maximum absolute atomic E-state index is 13.6. The fourth-order valence-electron chi connectivity index (χ4n) is 4.97. The molecule has 42 heavy (non-hydrogen) atoms. The fourth-order valence-corrected chi connectivity index (χ4v) is 4.97. The molecule has 0 aromatic heterocycles. The lowest BCUT2D eigenvalue weighted by molar-refractivity contribution is -0.141. The Balaban J connectivity index is 1.42. The third kappa shape index (κ3) is 6.96. The van der Waals surface area contributed by atoms with Gasteiger partial charge in [0.05, 0.1) is 17.1 Å². The second-order valence-corrected chi connectivity index (χ2v) is 10.1. The molecular formula is C36H33NO5. The summed E-state index contributed by atoms with van der Waals surface area (Å²) in [5.74, 6) is -1.02. The van der Waals surface area contributed by atoms with Crippen LogP contribution in [0.15, 0.2) is 138 Å². The molecule has 212 valence electrons. The molecule has 1 N–H and O–H groups in total. The third-order valence-electron chi connectivity index (χ3n) is 7.09. The van der Waals surface area contributed by atoms with E-state index in [2.05, 4.69) is 5.32 Å². The van der Waals surface area contributed by atoms with E-state index >= 15 is 0 Å². The van der Waals surface area contributed by atoms with Crippen LogP contribution in [0.2, 0.25) is 0 Å². The topological polar surface area (TPSA) is 73.9 Å². The van der Waals surface area contributed by atoms with E-state index in [1.807, 2.05) is 129 Å². The van der Waals surface area contributed by atoms with E-state index in [0.29, 0.717) is 34.9 Å². The van der Waals surface area contributed by atoms with Crippen molar-refractivity contribution in [2.45, 2.75) is 39.6 Å². The zero-order valence-corrected chi connectivity index (χ0v) is 23.7. The number of hydrogen-bond acceptors (Lipinski definition) is 6. The van der Waals surface area contributed by atoms with Crippen LogP contribution < -0.4 is 10.1 Å². The summed E-state index contributed by atoms with van der Waals surface area (Å²) in [5, 5.41) is 3.22. The molecule has 1 aliphatic heterocycles. The van der Waals surface area contributed by atoms with Crippen LogP contribution in [0.25, 0.3) is 0 Å². The van der Waals surface area contributed by atoms with E-state index in [4.69, 9.17) is 14.2 Å². The summed E-state index contributed by atoms with van der Waals surface area (Å²) in [6, 6.07) is 36.4. The lowest BCUT2D eigenvalue weighted by Gasteiger charge is -2.30. The Morgan fingerprint density at radius 3 is 1.40 bits per heavy atom. The van der Waals surface area contributed by atoms with Crippen LogP contribution in [0.4, 0.5) is 0 Å². The minimum atomic E-state index is -0.694. The Morgan fingerprint density at radius 1 is 0.571 bits per heavy atom. The number of dihydropyridines is 1. The number of carbonyl (C=O) groups excluding carboxylic acids is 2. The van der Waals surface area contributed by atoms with Gasteiger partial charge in [-0.25, -0.2) is 9.59 Å².